The molecule has 4 heterocycles. The van der Waals surface area contributed by atoms with Crippen LogP contribution >= 0.6 is 21.6 Å². The topological polar surface area (TPSA) is 233 Å². The fourth-order valence-corrected chi connectivity index (χ4v) is 25.4. The smallest absolute Gasteiger partial charge is 0.306 e. The van der Waals surface area contributed by atoms with Crippen LogP contribution in [0.2, 0.25) is 0 Å². The van der Waals surface area contributed by atoms with Crippen molar-refractivity contribution in [1.29, 1.82) is 0 Å². The van der Waals surface area contributed by atoms with Crippen molar-refractivity contribution in [2.24, 2.45) is 58.7 Å². The molecule has 3 aromatic carbocycles. The Balaban J connectivity index is 0.893. The van der Waals surface area contributed by atoms with Crippen LogP contribution in [0.1, 0.15) is 160 Å². The van der Waals surface area contributed by atoms with Gasteiger partial charge in [0.25, 0.3) is 0 Å². The van der Waals surface area contributed by atoms with Crippen LogP contribution in [0, 0.1) is 70.5 Å². The highest BCUT2D eigenvalue weighted by atomic mass is 33.1. The van der Waals surface area contributed by atoms with Gasteiger partial charge in [0.05, 0.1) is 30.7 Å². The third-order valence-corrected chi connectivity index (χ3v) is 29.1. The molecule has 2 saturated heterocycles. The Labute approximate surface area is 551 Å². The Morgan fingerprint density at radius 2 is 1.72 bits per heavy atom. The van der Waals surface area contributed by atoms with Crippen molar-refractivity contribution in [2.45, 2.75) is 218 Å². The van der Waals surface area contributed by atoms with Gasteiger partial charge in [0.15, 0.2) is 16.9 Å². The van der Waals surface area contributed by atoms with E-state index in [9.17, 15) is 40.5 Å². The van der Waals surface area contributed by atoms with Gasteiger partial charge in [0.1, 0.15) is 23.9 Å². The lowest BCUT2D eigenvalue weighted by atomic mass is 9.50. The third-order valence-electron chi connectivity index (χ3n) is 25.7. The number of aryl methyl sites for hydroxylation is 1. The summed E-state index contributed by atoms with van der Waals surface area (Å²) in [5.74, 6) is 6.38. The van der Waals surface area contributed by atoms with Gasteiger partial charge in [0.2, 0.25) is 12.0 Å². The van der Waals surface area contributed by atoms with Crippen molar-refractivity contribution in [1.82, 2.24) is 10.6 Å². The number of aliphatic hydroxyl groups excluding tert-OH is 4. The lowest BCUT2D eigenvalue weighted by Gasteiger charge is -2.67. The third kappa shape index (κ3) is 11.1. The summed E-state index contributed by atoms with van der Waals surface area (Å²) in [6.45, 7) is 5.21. The normalized spacial score (nSPS) is 42.6. The molecule has 4 aromatic rings. The second-order valence-corrected chi connectivity index (χ2v) is 33.2. The van der Waals surface area contributed by atoms with Crippen LogP contribution in [0.5, 0.6) is 11.5 Å². The number of fused-ring (bicyclic) bond motifs is 15. The van der Waals surface area contributed by atoms with Gasteiger partial charge in [-0.05, 0) is 216 Å². The molecule has 0 radical (unpaired) electrons. The summed E-state index contributed by atoms with van der Waals surface area (Å²) in [5.41, 5.74) is -5.64. The summed E-state index contributed by atoms with van der Waals surface area (Å²) in [5, 5.41) is 102. The molecule has 8 aliphatic carbocycles. The number of carbonyl (C=O) groups is 1. The van der Waals surface area contributed by atoms with E-state index in [1.54, 1.807) is 36.1 Å². The average molecular weight is 1300 g/mol. The van der Waals surface area contributed by atoms with Gasteiger partial charge in [-0.25, -0.2) is 0 Å². The molecule has 1 aromatic heterocycles. The van der Waals surface area contributed by atoms with Crippen LogP contribution in [0.4, 0.5) is 0 Å². The molecule has 11 aliphatic rings. The van der Waals surface area contributed by atoms with Crippen molar-refractivity contribution in [3.63, 3.8) is 0 Å². The maximum absolute atomic E-state index is 14.0. The number of esters is 1. The fourth-order valence-electron chi connectivity index (χ4n) is 21.1. The number of aliphatic hydroxyl groups is 7. The van der Waals surface area contributed by atoms with Crippen LogP contribution in [0.3, 0.4) is 0 Å². The molecule has 7 fully saturated rings. The van der Waals surface area contributed by atoms with Crippen LogP contribution in [0.15, 0.2) is 77.4 Å². The van der Waals surface area contributed by atoms with Gasteiger partial charge in [0, 0.05) is 65.7 Å². The number of carbonyl (C=O) groups excluding carboxylic acids is 1. The largest absolute Gasteiger partial charge is 0.485 e. The first kappa shape index (κ1) is 65.4. The zero-order valence-corrected chi connectivity index (χ0v) is 55.8. The average Bonchev–Trinajstić information content (AvgIpc) is 0.882. The molecule has 3 spiro atoms. The molecule has 0 unspecified atom stereocenters. The van der Waals surface area contributed by atoms with E-state index in [1.807, 2.05) is 22.9 Å². The van der Waals surface area contributed by atoms with Crippen molar-refractivity contribution in [2.75, 3.05) is 45.7 Å². The van der Waals surface area contributed by atoms with E-state index in [2.05, 4.69) is 78.9 Å². The molecule has 15 nitrogen and oxygen atoms in total. The predicted molar refractivity (Wildman–Crippen MR) is 358 cm³/mol. The van der Waals surface area contributed by atoms with E-state index in [4.69, 9.17) is 23.4 Å². The molecule has 19 atom stereocenters. The Bertz CT molecular complexity index is 3420. The fraction of sp³-hybridized carbons (Fsp3) is 0.693. The predicted octanol–water partition coefficient (Wildman–Crippen LogP) is 10.5. The van der Waals surface area contributed by atoms with Crippen molar-refractivity contribution >= 4 is 49.3 Å². The number of furan rings is 1. The maximum atomic E-state index is 14.0. The summed E-state index contributed by atoms with van der Waals surface area (Å²) < 4.78 is 33.0. The van der Waals surface area contributed by atoms with E-state index >= 15 is 0 Å². The molecule has 9 N–H and O–H groups in total. The summed E-state index contributed by atoms with van der Waals surface area (Å²) in [6.07, 6.45) is 15.1. The van der Waals surface area contributed by atoms with Crippen LogP contribution in [-0.4, -0.2) is 145 Å². The first-order valence-corrected chi connectivity index (χ1v) is 37.6. The number of benzene rings is 3. The monoisotopic (exact) mass is 1300 g/mol. The summed E-state index contributed by atoms with van der Waals surface area (Å²) >= 11 is 0. The van der Waals surface area contributed by atoms with Crippen LogP contribution < -0.4 is 20.1 Å². The highest BCUT2D eigenvalue weighted by Crippen LogP contribution is 2.70. The number of allylic oxidation sites excluding steroid dienone is 1. The van der Waals surface area contributed by atoms with E-state index in [0.717, 1.165) is 96.4 Å². The number of hydrogen-bond donors (Lipinski definition) is 9. The summed E-state index contributed by atoms with van der Waals surface area (Å²) in [4.78, 5) is 13.2. The zero-order valence-electron chi connectivity index (χ0n) is 54.2. The number of rotatable bonds is 11. The van der Waals surface area contributed by atoms with Gasteiger partial charge >= 0.3 is 5.97 Å². The lowest BCUT2D eigenvalue weighted by molar-refractivity contribution is -0.424. The van der Waals surface area contributed by atoms with E-state index in [-0.39, 0.29) is 96.7 Å². The minimum atomic E-state index is -2.52. The second-order valence-electron chi connectivity index (χ2n) is 30.6. The zero-order chi connectivity index (χ0) is 63.8. The SMILES string of the molecule is CCOC(=O)CCc1cc2ccoc2c2c1O[C@@H]1O[C@@]3(CSS[C@]4(CC[C@]5(CC[C@H](CNC)C5)[C@H]4CC[C@@]4(O)C[C@H]5C#CCC6CCC(c7ccc8ccccc8c7)(CC6)[C@H]5C4)[C@H](CC[C@H](C)CCC[C@H]3O)NCCO2)[C@]2(O)C[C@@H]3C=C[C@H](O)[C@@H](CO)[C@H]3[C@@]1(O)[C@H]2O. The van der Waals surface area contributed by atoms with Gasteiger partial charge in [-0.1, -0.05) is 102 Å². The Hall–Kier alpha value is -3.87. The highest BCUT2D eigenvalue weighted by molar-refractivity contribution is 8.77. The standard InChI is InChI=1S/C75H100N2O13S2/c1-4-86-62(81)22-18-51-37-52-27-35-87-64(52)66-65(51)89-68-75(85)63-54(17-20-58(79)56(63)44-78)41-73(84,67(75)82)74(90-68)45-91-92-72(60(77-34-36-88-66)21-15-46(2)9-7-14-61(74)80)33-32-69(28-23-48(39-69)43-76-3)59(72)26-29-70(83)40-53-13-8-10-47-24-30-71(31-25-47,57(53)42-70)55-19-16-49-11-5-6-12-50(49)38-55/h5-6,11-12,16-17,19-20,27,35,37-38,46-48,53-54,56-61,63,67-68,76-80,82-85H,4,7,9-10,14-15,18,21-26,28-34,36,39-45H2,1-3H3/t46-,47?,48+,53-,54+,56-,57+,58+,59-,60+,61-,63+,67+,68-,69+,70-,71?,72+,73+,74-,75-/m1/s1. The second kappa shape index (κ2) is 25.8. The quantitative estimate of drug-likeness (QED) is 0.0294. The minimum absolute atomic E-state index is 0.0123. The number of hydrogen-bond acceptors (Lipinski definition) is 17. The van der Waals surface area contributed by atoms with Crippen molar-refractivity contribution in [3.8, 4) is 23.3 Å². The molecule has 5 saturated carbocycles. The summed E-state index contributed by atoms with van der Waals surface area (Å²) in [6, 6.07) is 19.5. The van der Waals surface area contributed by atoms with Crippen LogP contribution in [-0.2, 0) is 26.1 Å². The van der Waals surface area contributed by atoms with E-state index < -0.39 is 82.1 Å². The minimum Gasteiger partial charge on any atom is -0.485 e. The Morgan fingerprint density at radius 3 is 2.53 bits per heavy atom. The molecule has 500 valence electrons. The van der Waals surface area contributed by atoms with Gasteiger partial charge in [-0.2, -0.15) is 0 Å². The molecule has 17 heteroatoms. The first-order valence-electron chi connectivity index (χ1n) is 35.3. The highest BCUT2D eigenvalue weighted by Gasteiger charge is 2.78. The molecular formula is C75H100N2O13S2. The number of ether oxygens (including phenoxy) is 4. The van der Waals surface area contributed by atoms with Crippen molar-refractivity contribution < 1.29 is 63.9 Å². The molecule has 92 heavy (non-hydrogen) atoms. The lowest BCUT2D eigenvalue weighted by Crippen LogP contribution is -2.86. The molecule has 15 rings (SSSR count). The van der Waals surface area contributed by atoms with E-state index in [1.165, 1.54) is 16.3 Å². The van der Waals surface area contributed by atoms with Gasteiger partial charge in [-0.15, -0.1) is 5.92 Å². The van der Waals surface area contributed by atoms with Crippen LogP contribution in [0.25, 0.3) is 21.7 Å². The first-order chi connectivity index (χ1) is 44.4. The van der Waals surface area contributed by atoms with Crippen molar-refractivity contribution in [3.05, 3.63) is 84.1 Å². The molecule has 0 amide bonds. The number of nitrogens with one attached hydrogen (secondary N) is 2. The Kier molecular flexibility index (Phi) is 18.4. The summed E-state index contributed by atoms with van der Waals surface area (Å²) in [7, 11) is 5.48. The molecule has 7 bridgehead atoms. The Morgan fingerprint density at radius 1 is 0.880 bits per heavy atom. The van der Waals surface area contributed by atoms with Gasteiger partial charge < -0.3 is 69.7 Å². The molecule has 3 aliphatic heterocycles. The maximum Gasteiger partial charge on any atom is 0.306 e. The van der Waals surface area contributed by atoms with E-state index in [0.29, 0.717) is 60.6 Å². The molecular weight excluding hydrogens is 1200 g/mol. The van der Waals surface area contributed by atoms with Gasteiger partial charge in [-0.3, -0.25) is 4.79 Å².